The second kappa shape index (κ2) is 10.4. The smallest absolute Gasteiger partial charge is 0.319 e. The zero-order valence-corrected chi connectivity index (χ0v) is 17.5. The number of amides is 2. The number of carbonyl (C=O) groups excluding carboxylic acids is 1. The Labute approximate surface area is 172 Å². The topological polar surface area (TPSA) is 92.5 Å². The molecule has 2 N–H and O–H groups in total. The van der Waals surface area contributed by atoms with Crippen molar-refractivity contribution < 1.29 is 13.9 Å². The molecule has 8 heteroatoms. The van der Waals surface area contributed by atoms with Crippen molar-refractivity contribution in [3.63, 3.8) is 0 Å². The van der Waals surface area contributed by atoms with E-state index in [1.165, 1.54) is 0 Å². The number of aryl methyl sites for hydroxylation is 1. The summed E-state index contributed by atoms with van der Waals surface area (Å²) >= 11 is 0. The molecule has 0 radical (unpaired) electrons. The van der Waals surface area contributed by atoms with Crippen molar-refractivity contribution in [3.05, 3.63) is 30.2 Å². The van der Waals surface area contributed by atoms with Crippen molar-refractivity contribution in [3.8, 4) is 11.5 Å². The van der Waals surface area contributed by atoms with Crippen LogP contribution in [-0.4, -0.2) is 60.0 Å². The van der Waals surface area contributed by atoms with Gasteiger partial charge >= 0.3 is 6.03 Å². The van der Waals surface area contributed by atoms with E-state index >= 15 is 0 Å². The van der Waals surface area contributed by atoms with Gasteiger partial charge in [0, 0.05) is 43.3 Å². The van der Waals surface area contributed by atoms with Crippen LogP contribution in [0.3, 0.4) is 0 Å². The number of carbonyl (C=O) groups is 1. The first kappa shape index (κ1) is 21.3. The van der Waals surface area contributed by atoms with Crippen LogP contribution < -0.4 is 10.6 Å². The average molecular weight is 402 g/mol. The maximum atomic E-state index is 12.4. The average Bonchev–Trinajstić information content (AvgIpc) is 3.21. The van der Waals surface area contributed by atoms with Crippen molar-refractivity contribution in [2.45, 2.75) is 39.7 Å². The van der Waals surface area contributed by atoms with Crippen LogP contribution in [0.15, 0.2) is 28.7 Å². The number of rotatable bonds is 8. The van der Waals surface area contributed by atoms with Gasteiger partial charge in [0.2, 0.25) is 11.8 Å². The summed E-state index contributed by atoms with van der Waals surface area (Å²) in [6.45, 7) is 10.3. The Kier molecular flexibility index (Phi) is 7.60. The number of hydrogen-bond donors (Lipinski definition) is 2. The van der Waals surface area contributed by atoms with Crippen molar-refractivity contribution in [1.29, 1.82) is 0 Å². The van der Waals surface area contributed by atoms with Crippen LogP contribution in [0.2, 0.25) is 0 Å². The van der Waals surface area contributed by atoms with Crippen molar-refractivity contribution in [2.24, 2.45) is 5.92 Å². The van der Waals surface area contributed by atoms with Crippen molar-refractivity contribution in [2.75, 3.05) is 38.2 Å². The van der Waals surface area contributed by atoms with Gasteiger partial charge in [-0.15, -0.1) is 10.2 Å². The van der Waals surface area contributed by atoms with Gasteiger partial charge in [0.15, 0.2) is 0 Å². The number of nitrogens with one attached hydrogen (secondary N) is 2. The minimum Gasteiger partial charge on any atom is -0.421 e. The lowest BCUT2D eigenvalue weighted by Crippen LogP contribution is -2.49. The number of urea groups is 1. The van der Waals surface area contributed by atoms with Gasteiger partial charge in [-0.1, -0.05) is 20.8 Å². The van der Waals surface area contributed by atoms with Crippen LogP contribution >= 0.6 is 0 Å². The van der Waals surface area contributed by atoms with Crippen LogP contribution in [0.1, 0.15) is 33.1 Å². The van der Waals surface area contributed by atoms with Gasteiger partial charge in [-0.3, -0.25) is 4.90 Å². The Morgan fingerprint density at radius 2 is 1.90 bits per heavy atom. The maximum absolute atomic E-state index is 12.4. The molecule has 0 unspecified atom stereocenters. The molecule has 2 aromatic rings. The molecule has 0 saturated carbocycles. The molecule has 1 fully saturated rings. The highest BCUT2D eigenvalue weighted by Gasteiger charge is 2.22. The molecular weight excluding hydrogens is 370 g/mol. The summed E-state index contributed by atoms with van der Waals surface area (Å²) in [4.78, 5) is 14.8. The molecule has 2 heterocycles. The predicted molar refractivity (Wildman–Crippen MR) is 112 cm³/mol. The summed E-state index contributed by atoms with van der Waals surface area (Å²) in [5, 5.41) is 13.9. The minimum absolute atomic E-state index is 0.203. The fraction of sp³-hybridized carbons (Fsp3) is 0.571. The second-order valence-electron chi connectivity index (χ2n) is 7.70. The summed E-state index contributed by atoms with van der Waals surface area (Å²) in [5.41, 5.74) is 1.54. The molecule has 1 saturated heterocycles. The summed E-state index contributed by atoms with van der Waals surface area (Å²) in [6.07, 6.45) is 1.74. The molecule has 1 aromatic heterocycles. The van der Waals surface area contributed by atoms with E-state index in [4.69, 9.17) is 9.15 Å². The highest BCUT2D eigenvalue weighted by Crippen LogP contribution is 2.20. The molecule has 1 aliphatic heterocycles. The molecule has 1 aromatic carbocycles. The fourth-order valence-corrected chi connectivity index (χ4v) is 3.44. The highest BCUT2D eigenvalue weighted by molar-refractivity contribution is 5.89. The molecule has 8 nitrogen and oxygen atoms in total. The lowest BCUT2D eigenvalue weighted by molar-refractivity contribution is 0.0130. The van der Waals surface area contributed by atoms with E-state index in [0.29, 0.717) is 42.4 Å². The standard InChI is InChI=1S/C21H31N5O3/c1-4-19-24-25-20(29-19)16-5-7-17(8-6-16)23-21(27)22-14-18(13-15(2)3)26-9-11-28-12-10-26/h5-8,15,18H,4,9-14H2,1-3H3,(H2,22,23,27)/t18-/m1/s1. The third-order valence-corrected chi connectivity index (χ3v) is 4.96. The predicted octanol–water partition coefficient (Wildman–Crippen LogP) is 3.17. The second-order valence-corrected chi connectivity index (χ2v) is 7.70. The van der Waals surface area contributed by atoms with Gasteiger partial charge in [-0.2, -0.15) is 0 Å². The zero-order valence-electron chi connectivity index (χ0n) is 17.5. The lowest BCUT2D eigenvalue weighted by Gasteiger charge is -2.35. The van der Waals surface area contributed by atoms with Crippen LogP contribution in [0, 0.1) is 5.92 Å². The maximum Gasteiger partial charge on any atom is 0.319 e. The molecule has 29 heavy (non-hydrogen) atoms. The van der Waals surface area contributed by atoms with Crippen LogP contribution in [0.25, 0.3) is 11.5 Å². The zero-order chi connectivity index (χ0) is 20.6. The number of ether oxygens (including phenoxy) is 1. The van der Waals surface area contributed by atoms with E-state index in [2.05, 4.69) is 39.6 Å². The first-order valence-electron chi connectivity index (χ1n) is 10.3. The minimum atomic E-state index is -0.203. The summed E-state index contributed by atoms with van der Waals surface area (Å²) in [7, 11) is 0. The van der Waals surface area contributed by atoms with Gasteiger partial charge in [0.25, 0.3) is 0 Å². The number of benzene rings is 1. The first-order chi connectivity index (χ1) is 14.0. The summed E-state index contributed by atoms with van der Waals surface area (Å²) in [6, 6.07) is 7.50. The number of morpholine rings is 1. The van der Waals surface area contributed by atoms with Gasteiger partial charge in [-0.25, -0.2) is 4.79 Å². The SMILES string of the molecule is CCc1nnc(-c2ccc(NC(=O)NC[C@@H](CC(C)C)N3CCOCC3)cc2)o1. The summed E-state index contributed by atoms with van der Waals surface area (Å²) in [5.74, 6) is 1.66. The van der Waals surface area contributed by atoms with E-state index in [-0.39, 0.29) is 6.03 Å². The lowest BCUT2D eigenvalue weighted by atomic mass is 10.0. The number of aromatic nitrogens is 2. The molecule has 3 rings (SSSR count). The van der Waals surface area contributed by atoms with Gasteiger partial charge in [-0.05, 0) is 36.6 Å². The number of anilines is 1. The molecule has 2 amide bonds. The number of nitrogens with zero attached hydrogens (tertiary/aromatic N) is 3. The fourth-order valence-electron chi connectivity index (χ4n) is 3.44. The van der Waals surface area contributed by atoms with Gasteiger partial charge in [0.1, 0.15) is 0 Å². The van der Waals surface area contributed by atoms with Crippen molar-refractivity contribution in [1.82, 2.24) is 20.4 Å². The first-order valence-corrected chi connectivity index (χ1v) is 10.3. The van der Waals surface area contributed by atoms with Crippen molar-refractivity contribution >= 4 is 11.7 Å². The Morgan fingerprint density at radius 1 is 1.17 bits per heavy atom. The van der Waals surface area contributed by atoms with Crippen LogP contribution in [0.5, 0.6) is 0 Å². The molecule has 158 valence electrons. The number of hydrogen-bond acceptors (Lipinski definition) is 6. The molecule has 0 bridgehead atoms. The molecular formula is C21H31N5O3. The van der Waals surface area contributed by atoms with E-state index in [9.17, 15) is 4.79 Å². The van der Waals surface area contributed by atoms with E-state index in [1.807, 2.05) is 31.2 Å². The Morgan fingerprint density at radius 3 is 2.52 bits per heavy atom. The quantitative estimate of drug-likeness (QED) is 0.706. The monoisotopic (exact) mass is 401 g/mol. The van der Waals surface area contributed by atoms with E-state index in [1.54, 1.807) is 0 Å². The molecule has 1 aliphatic rings. The van der Waals surface area contributed by atoms with E-state index < -0.39 is 0 Å². The Bertz CT molecular complexity index is 769. The normalized spacial score (nSPS) is 16.0. The largest absolute Gasteiger partial charge is 0.421 e. The Hall–Kier alpha value is -2.45. The van der Waals surface area contributed by atoms with Gasteiger partial charge < -0.3 is 19.8 Å². The summed E-state index contributed by atoms with van der Waals surface area (Å²) < 4.78 is 11.0. The molecule has 1 atom stereocenters. The van der Waals surface area contributed by atoms with Crippen LogP contribution in [-0.2, 0) is 11.2 Å². The third kappa shape index (κ3) is 6.27. The Balaban J connectivity index is 1.52. The van der Waals surface area contributed by atoms with Crippen LogP contribution in [0.4, 0.5) is 10.5 Å². The molecule has 0 spiro atoms. The van der Waals surface area contributed by atoms with Gasteiger partial charge in [0.05, 0.1) is 13.2 Å². The molecule has 0 aliphatic carbocycles. The highest BCUT2D eigenvalue weighted by atomic mass is 16.5. The third-order valence-electron chi connectivity index (χ3n) is 4.96. The van der Waals surface area contributed by atoms with E-state index in [0.717, 1.165) is 38.3 Å².